The summed E-state index contributed by atoms with van der Waals surface area (Å²) in [6, 6.07) is 18.3. The van der Waals surface area contributed by atoms with E-state index in [2.05, 4.69) is 33.9 Å². The Morgan fingerprint density at radius 3 is 2.44 bits per heavy atom. The van der Waals surface area contributed by atoms with Gasteiger partial charge in [0.05, 0.1) is 28.5 Å². The van der Waals surface area contributed by atoms with Gasteiger partial charge in [-0.25, -0.2) is 0 Å². The SMILES string of the molecule is Cc1cc(OCCC/C(=C\c2cccc3cc(C#N)n(C)c23)c2ccc(Cl)c(-c3c(C)nn(C)c3C)c2NCCNC=O)cc(C)c1Cl. The molecule has 10 heteroatoms. The summed E-state index contributed by atoms with van der Waals surface area (Å²) in [5.41, 5.74) is 11.1. The van der Waals surface area contributed by atoms with Crippen LogP contribution in [0.2, 0.25) is 10.0 Å². The summed E-state index contributed by atoms with van der Waals surface area (Å²) in [7, 11) is 3.85. The Kier molecular flexibility index (Phi) is 10.8. The first-order chi connectivity index (χ1) is 23.0. The van der Waals surface area contributed by atoms with E-state index < -0.39 is 0 Å². The minimum absolute atomic E-state index is 0.437. The van der Waals surface area contributed by atoms with Crippen LogP contribution in [0, 0.1) is 39.0 Å². The highest BCUT2D eigenvalue weighted by Gasteiger charge is 2.23. The average molecular weight is 684 g/mol. The van der Waals surface area contributed by atoms with E-state index in [1.807, 2.05) is 93.5 Å². The van der Waals surface area contributed by atoms with Gasteiger partial charge >= 0.3 is 0 Å². The van der Waals surface area contributed by atoms with E-state index in [0.717, 1.165) is 84.1 Å². The lowest BCUT2D eigenvalue weighted by molar-refractivity contribution is -0.109. The predicted molar refractivity (Wildman–Crippen MR) is 197 cm³/mol. The molecule has 2 aromatic heterocycles. The molecule has 0 bridgehead atoms. The molecule has 0 spiro atoms. The van der Waals surface area contributed by atoms with Crippen molar-refractivity contribution in [3.63, 3.8) is 0 Å². The number of halogens is 2. The van der Waals surface area contributed by atoms with Gasteiger partial charge in [0.15, 0.2) is 0 Å². The van der Waals surface area contributed by atoms with Gasteiger partial charge in [-0.15, -0.1) is 0 Å². The van der Waals surface area contributed by atoms with Crippen molar-refractivity contribution >= 4 is 57.9 Å². The largest absolute Gasteiger partial charge is 0.494 e. The number of carbonyl (C=O) groups is 1. The molecule has 0 atom stereocenters. The Hall–Kier alpha value is -4.71. The summed E-state index contributed by atoms with van der Waals surface area (Å²) < 4.78 is 10.0. The summed E-state index contributed by atoms with van der Waals surface area (Å²) in [6.45, 7) is 9.40. The number of nitrogens with one attached hydrogen (secondary N) is 2. The van der Waals surface area contributed by atoms with Gasteiger partial charge in [0.2, 0.25) is 6.41 Å². The minimum atomic E-state index is 0.437. The number of aromatic nitrogens is 3. The quantitative estimate of drug-likeness (QED) is 0.0737. The van der Waals surface area contributed by atoms with Gasteiger partial charge in [0, 0.05) is 60.0 Å². The van der Waals surface area contributed by atoms with Gasteiger partial charge in [-0.3, -0.25) is 9.48 Å². The van der Waals surface area contributed by atoms with Crippen LogP contribution in [0.15, 0.2) is 48.5 Å². The molecule has 3 aromatic carbocycles. The van der Waals surface area contributed by atoms with Crippen LogP contribution in [-0.2, 0) is 18.9 Å². The summed E-state index contributed by atoms with van der Waals surface area (Å²) in [4.78, 5) is 11.1. The number of hydrogen-bond acceptors (Lipinski definition) is 5. The highest BCUT2D eigenvalue weighted by molar-refractivity contribution is 6.34. The Morgan fingerprint density at radius 1 is 1.02 bits per heavy atom. The highest BCUT2D eigenvalue weighted by atomic mass is 35.5. The summed E-state index contributed by atoms with van der Waals surface area (Å²) in [6.07, 6.45) is 4.31. The first-order valence-corrected chi connectivity index (χ1v) is 16.6. The third kappa shape index (κ3) is 7.08. The molecular weight excluding hydrogens is 643 g/mol. The maximum atomic E-state index is 11.1. The molecule has 5 aromatic rings. The third-order valence-electron chi connectivity index (χ3n) is 8.71. The summed E-state index contributed by atoms with van der Waals surface area (Å²) in [5.74, 6) is 0.791. The number of hydrogen-bond donors (Lipinski definition) is 2. The van der Waals surface area contributed by atoms with E-state index in [0.29, 0.717) is 43.2 Å². The fraction of sp³-hybridized carbons (Fsp3) is 0.289. The van der Waals surface area contributed by atoms with Crippen molar-refractivity contribution < 1.29 is 9.53 Å². The first kappa shape index (κ1) is 34.6. The van der Waals surface area contributed by atoms with Crippen LogP contribution in [0.5, 0.6) is 5.75 Å². The second kappa shape index (κ2) is 15.0. The first-order valence-electron chi connectivity index (χ1n) is 15.9. The molecule has 8 nitrogen and oxygen atoms in total. The Morgan fingerprint density at radius 2 is 1.77 bits per heavy atom. The minimum Gasteiger partial charge on any atom is -0.494 e. The van der Waals surface area contributed by atoms with E-state index in [9.17, 15) is 10.1 Å². The van der Waals surface area contributed by atoms with Gasteiger partial charge in [-0.2, -0.15) is 10.4 Å². The van der Waals surface area contributed by atoms with Crippen molar-refractivity contribution in [2.75, 3.05) is 25.0 Å². The molecule has 0 saturated carbocycles. The molecule has 48 heavy (non-hydrogen) atoms. The molecule has 5 rings (SSSR count). The van der Waals surface area contributed by atoms with Crippen LogP contribution in [0.1, 0.15) is 52.2 Å². The fourth-order valence-corrected chi connectivity index (χ4v) is 6.67. The maximum Gasteiger partial charge on any atom is 0.207 e. The number of nitriles is 1. The molecular formula is C38H40Cl2N6O2. The van der Waals surface area contributed by atoms with Gasteiger partial charge in [0.25, 0.3) is 0 Å². The van der Waals surface area contributed by atoms with E-state index in [1.165, 1.54) is 0 Å². The molecule has 0 aliphatic carbocycles. The number of fused-ring (bicyclic) bond motifs is 1. The number of para-hydroxylation sites is 1. The number of aryl methyl sites for hydroxylation is 5. The van der Waals surface area contributed by atoms with Crippen molar-refractivity contribution in [3.05, 3.63) is 97.9 Å². The second-order valence-electron chi connectivity index (χ2n) is 12.0. The molecule has 2 N–H and O–H groups in total. The molecule has 0 aliphatic rings. The zero-order chi connectivity index (χ0) is 34.5. The molecule has 0 unspecified atom stereocenters. The predicted octanol–water partition coefficient (Wildman–Crippen LogP) is 8.55. The van der Waals surface area contributed by atoms with E-state index >= 15 is 0 Å². The van der Waals surface area contributed by atoms with Gasteiger partial charge in [-0.1, -0.05) is 47.5 Å². The van der Waals surface area contributed by atoms with E-state index in [4.69, 9.17) is 27.9 Å². The lowest BCUT2D eigenvalue weighted by Crippen LogP contribution is -2.21. The smallest absolute Gasteiger partial charge is 0.207 e. The Labute approximate surface area is 291 Å². The maximum absolute atomic E-state index is 11.1. The average Bonchev–Trinajstić information content (AvgIpc) is 3.53. The van der Waals surface area contributed by atoms with Crippen LogP contribution in [0.3, 0.4) is 0 Å². The van der Waals surface area contributed by atoms with Crippen LogP contribution in [0.25, 0.3) is 33.7 Å². The van der Waals surface area contributed by atoms with E-state index in [1.54, 1.807) is 0 Å². The number of rotatable bonds is 13. The Balaban J connectivity index is 1.64. The summed E-state index contributed by atoms with van der Waals surface area (Å²) >= 11 is 13.4. The number of nitrogens with zero attached hydrogens (tertiary/aromatic N) is 4. The van der Waals surface area contributed by atoms with Crippen molar-refractivity contribution in [1.29, 1.82) is 5.26 Å². The van der Waals surface area contributed by atoms with Crippen molar-refractivity contribution in [1.82, 2.24) is 19.7 Å². The normalized spacial score (nSPS) is 11.5. The van der Waals surface area contributed by atoms with Gasteiger partial charge in [-0.05, 0) is 93.1 Å². The number of amides is 1. The number of carbonyl (C=O) groups excluding carboxylic acids is 1. The molecule has 1 amide bonds. The van der Waals surface area contributed by atoms with Gasteiger partial charge < -0.3 is 19.9 Å². The monoisotopic (exact) mass is 682 g/mol. The highest BCUT2D eigenvalue weighted by Crippen LogP contribution is 2.44. The fourth-order valence-electron chi connectivity index (χ4n) is 6.31. The van der Waals surface area contributed by atoms with E-state index in [-0.39, 0.29) is 0 Å². The van der Waals surface area contributed by atoms with Crippen LogP contribution in [-0.4, -0.2) is 40.5 Å². The molecule has 0 fully saturated rings. The van der Waals surface area contributed by atoms with Crippen molar-refractivity contribution in [2.45, 2.75) is 40.5 Å². The number of benzene rings is 3. The number of allylic oxidation sites excluding steroid dienone is 1. The zero-order valence-electron chi connectivity index (χ0n) is 28.2. The lowest BCUT2D eigenvalue weighted by atomic mass is 9.91. The molecule has 0 saturated heterocycles. The van der Waals surface area contributed by atoms with Crippen molar-refractivity contribution in [2.24, 2.45) is 14.1 Å². The second-order valence-corrected chi connectivity index (χ2v) is 12.8. The van der Waals surface area contributed by atoms with Crippen LogP contribution >= 0.6 is 23.2 Å². The number of anilines is 1. The van der Waals surface area contributed by atoms with Crippen LogP contribution in [0.4, 0.5) is 5.69 Å². The van der Waals surface area contributed by atoms with Gasteiger partial charge in [0.1, 0.15) is 17.5 Å². The third-order valence-corrected chi connectivity index (χ3v) is 9.63. The standard InChI is InChI=1S/C38H40Cl2N6O2/c1-23-17-31(18-24(2)36(23)40)48-16-8-11-27(19-28-9-7-10-29-20-30(21-41)45(5)38(28)29)32-12-13-33(39)35(37(32)43-15-14-42-22-47)34-25(3)44-46(6)26(34)4/h7,9-10,12-13,17-20,22,43H,8,11,14-16H2,1-6H3,(H,42,47)/b27-19+. The van der Waals surface area contributed by atoms with Crippen molar-refractivity contribution in [3.8, 4) is 22.9 Å². The lowest BCUT2D eigenvalue weighted by Gasteiger charge is -2.21. The summed E-state index contributed by atoms with van der Waals surface area (Å²) in [5, 5.41) is 23.2. The Bertz CT molecular complexity index is 2040. The molecule has 2 heterocycles. The molecule has 0 aliphatic heterocycles. The molecule has 248 valence electrons. The zero-order valence-corrected chi connectivity index (χ0v) is 29.7. The molecule has 0 radical (unpaired) electrons. The number of ether oxygens (including phenoxy) is 1. The van der Waals surface area contributed by atoms with Crippen LogP contribution < -0.4 is 15.4 Å². The topological polar surface area (TPSA) is 96.9 Å².